The maximum Gasteiger partial charge on any atom is 0.336 e. The molecule has 5 heteroatoms. The highest BCUT2D eigenvalue weighted by Gasteiger charge is 2.16. The molecule has 2 N–H and O–H groups in total. The molecule has 24 heavy (non-hydrogen) atoms. The van der Waals surface area contributed by atoms with E-state index in [4.69, 9.17) is 10.5 Å². The Hall–Kier alpha value is -2.82. The molecule has 0 bridgehead atoms. The highest BCUT2D eigenvalue weighted by molar-refractivity contribution is 5.63. The smallest absolute Gasteiger partial charge is 0.336 e. The molecule has 1 heterocycles. The number of anilines is 1. The predicted octanol–water partition coefficient (Wildman–Crippen LogP) is 3.86. The Labute approximate surface area is 142 Å². The minimum atomic E-state index is 0.388. The van der Waals surface area contributed by atoms with Gasteiger partial charge in [0.1, 0.15) is 0 Å². The van der Waals surface area contributed by atoms with Crippen molar-refractivity contribution in [3.05, 3.63) is 54.1 Å². The molecule has 0 saturated carbocycles. The van der Waals surface area contributed by atoms with Crippen LogP contribution in [0.2, 0.25) is 0 Å². The molecule has 0 saturated heterocycles. The van der Waals surface area contributed by atoms with Crippen LogP contribution in [0.4, 0.5) is 5.69 Å². The molecule has 0 amide bonds. The number of ether oxygens (including phenoxy) is 1. The zero-order valence-electron chi connectivity index (χ0n) is 14.2. The van der Waals surface area contributed by atoms with Crippen molar-refractivity contribution in [3.63, 3.8) is 0 Å². The third-order valence-electron chi connectivity index (χ3n) is 3.66. The Bertz CT molecular complexity index is 822. The Morgan fingerprint density at radius 3 is 2.46 bits per heavy atom. The van der Waals surface area contributed by atoms with Gasteiger partial charge in [0.05, 0.1) is 12.3 Å². The summed E-state index contributed by atoms with van der Waals surface area (Å²) in [5.74, 6) is 1.17. The van der Waals surface area contributed by atoms with Crippen molar-refractivity contribution in [2.75, 3.05) is 12.3 Å². The second-order valence-corrected chi connectivity index (χ2v) is 6.24. The highest BCUT2D eigenvalue weighted by atomic mass is 16.5. The molecule has 0 spiro atoms. The van der Waals surface area contributed by atoms with Gasteiger partial charge in [-0.3, -0.25) is 0 Å². The molecule has 0 unspecified atom stereocenters. The summed E-state index contributed by atoms with van der Waals surface area (Å²) in [6.07, 6.45) is 0. The van der Waals surface area contributed by atoms with Crippen LogP contribution in [0.15, 0.2) is 48.5 Å². The number of benzene rings is 2. The summed E-state index contributed by atoms with van der Waals surface area (Å²) >= 11 is 0. The number of aryl methyl sites for hydroxylation is 1. The first-order valence-electron chi connectivity index (χ1n) is 8.06. The van der Waals surface area contributed by atoms with Crippen LogP contribution in [0, 0.1) is 12.8 Å². The van der Waals surface area contributed by atoms with E-state index < -0.39 is 0 Å². The average molecular weight is 322 g/mol. The number of nitrogens with two attached hydrogens (primary N) is 1. The summed E-state index contributed by atoms with van der Waals surface area (Å²) in [6.45, 7) is 6.84. The monoisotopic (exact) mass is 322 g/mol. The molecule has 3 aromatic rings. The number of nitrogen functional groups attached to an aromatic ring is 1. The van der Waals surface area contributed by atoms with Crippen molar-refractivity contribution in [1.82, 2.24) is 14.8 Å². The largest absolute Gasteiger partial charge is 0.462 e. The van der Waals surface area contributed by atoms with Gasteiger partial charge >= 0.3 is 6.01 Å². The third-order valence-corrected chi connectivity index (χ3v) is 3.66. The number of rotatable bonds is 5. The number of hydrogen-bond acceptors (Lipinski definition) is 4. The van der Waals surface area contributed by atoms with Gasteiger partial charge in [0.25, 0.3) is 0 Å². The van der Waals surface area contributed by atoms with Crippen LogP contribution in [0.3, 0.4) is 0 Å². The predicted molar refractivity (Wildman–Crippen MR) is 96.3 cm³/mol. The lowest BCUT2D eigenvalue weighted by molar-refractivity contribution is 0.251. The molecule has 3 rings (SSSR count). The van der Waals surface area contributed by atoms with Gasteiger partial charge in [-0.1, -0.05) is 38.1 Å². The highest BCUT2D eigenvalue weighted by Crippen LogP contribution is 2.26. The Kier molecular flexibility index (Phi) is 4.51. The fourth-order valence-corrected chi connectivity index (χ4v) is 2.39. The van der Waals surface area contributed by atoms with Gasteiger partial charge in [-0.15, -0.1) is 5.10 Å². The molecule has 124 valence electrons. The van der Waals surface area contributed by atoms with Crippen molar-refractivity contribution < 1.29 is 4.74 Å². The zero-order valence-corrected chi connectivity index (χ0v) is 14.2. The van der Waals surface area contributed by atoms with Gasteiger partial charge in [0.15, 0.2) is 5.82 Å². The molecular weight excluding hydrogens is 300 g/mol. The molecule has 0 aliphatic rings. The van der Waals surface area contributed by atoms with Crippen LogP contribution in [-0.2, 0) is 0 Å². The number of aromatic nitrogens is 3. The first-order valence-corrected chi connectivity index (χ1v) is 8.06. The van der Waals surface area contributed by atoms with Crippen LogP contribution in [0.1, 0.15) is 19.4 Å². The van der Waals surface area contributed by atoms with E-state index in [-0.39, 0.29) is 0 Å². The molecule has 5 nitrogen and oxygen atoms in total. The summed E-state index contributed by atoms with van der Waals surface area (Å²) in [5, 5.41) is 4.54. The van der Waals surface area contributed by atoms with Crippen LogP contribution in [0.5, 0.6) is 6.01 Å². The van der Waals surface area contributed by atoms with Crippen molar-refractivity contribution in [3.8, 4) is 23.1 Å². The van der Waals surface area contributed by atoms with Crippen LogP contribution >= 0.6 is 0 Å². The van der Waals surface area contributed by atoms with Crippen molar-refractivity contribution in [2.45, 2.75) is 20.8 Å². The SMILES string of the molecule is Cc1ccccc1-c1nc(OCC(C)C)nn1-c1ccc(N)cc1. The van der Waals surface area contributed by atoms with E-state index in [1.54, 1.807) is 4.68 Å². The molecular formula is C19H22N4O. The van der Waals surface area contributed by atoms with Gasteiger partial charge in [0, 0.05) is 11.3 Å². The second kappa shape index (κ2) is 6.74. The van der Waals surface area contributed by atoms with E-state index in [2.05, 4.69) is 36.9 Å². The fourth-order valence-electron chi connectivity index (χ4n) is 2.39. The second-order valence-electron chi connectivity index (χ2n) is 6.24. The number of nitrogens with zero attached hydrogens (tertiary/aromatic N) is 3. The maximum absolute atomic E-state index is 5.79. The quantitative estimate of drug-likeness (QED) is 0.724. The van der Waals surface area contributed by atoms with Gasteiger partial charge in [-0.2, -0.15) is 4.98 Å². The van der Waals surface area contributed by atoms with E-state index >= 15 is 0 Å². The Morgan fingerprint density at radius 1 is 1.08 bits per heavy atom. The minimum Gasteiger partial charge on any atom is -0.462 e. The van der Waals surface area contributed by atoms with Gasteiger partial charge in [-0.25, -0.2) is 4.68 Å². The maximum atomic E-state index is 5.79. The van der Waals surface area contributed by atoms with Gasteiger partial charge in [0.2, 0.25) is 0 Å². The van der Waals surface area contributed by atoms with E-state index in [0.717, 1.165) is 22.6 Å². The molecule has 1 aromatic heterocycles. The van der Waals surface area contributed by atoms with Crippen LogP contribution in [0.25, 0.3) is 17.1 Å². The fraction of sp³-hybridized carbons (Fsp3) is 0.263. The molecule has 0 aliphatic heterocycles. The number of hydrogen-bond donors (Lipinski definition) is 1. The summed E-state index contributed by atoms with van der Waals surface area (Å²) in [6, 6.07) is 16.1. The molecule has 0 aliphatic carbocycles. The molecule has 0 radical (unpaired) electrons. The summed E-state index contributed by atoms with van der Waals surface area (Å²) in [4.78, 5) is 4.61. The van der Waals surface area contributed by atoms with Gasteiger partial charge in [-0.05, 0) is 42.7 Å². The molecule has 0 fully saturated rings. The van der Waals surface area contributed by atoms with Crippen LogP contribution < -0.4 is 10.5 Å². The first kappa shape index (κ1) is 16.1. The van der Waals surface area contributed by atoms with Crippen LogP contribution in [-0.4, -0.2) is 21.4 Å². The Morgan fingerprint density at radius 2 is 1.79 bits per heavy atom. The normalized spacial score (nSPS) is 11.0. The molecule has 0 atom stereocenters. The van der Waals surface area contributed by atoms with E-state index in [1.807, 2.05) is 42.5 Å². The third kappa shape index (κ3) is 3.40. The standard InChI is InChI=1S/C19H22N4O/c1-13(2)12-24-19-21-18(17-7-5-4-6-14(17)3)23(22-19)16-10-8-15(20)9-11-16/h4-11,13H,12,20H2,1-3H3. The summed E-state index contributed by atoms with van der Waals surface area (Å²) in [7, 11) is 0. The average Bonchev–Trinajstić information content (AvgIpc) is 2.98. The van der Waals surface area contributed by atoms with E-state index in [0.29, 0.717) is 24.2 Å². The van der Waals surface area contributed by atoms with Crippen molar-refractivity contribution in [2.24, 2.45) is 5.92 Å². The first-order chi connectivity index (χ1) is 11.5. The van der Waals surface area contributed by atoms with E-state index in [9.17, 15) is 0 Å². The minimum absolute atomic E-state index is 0.388. The van der Waals surface area contributed by atoms with Gasteiger partial charge < -0.3 is 10.5 Å². The topological polar surface area (TPSA) is 66.0 Å². The lowest BCUT2D eigenvalue weighted by Crippen LogP contribution is -2.06. The lowest BCUT2D eigenvalue weighted by Gasteiger charge is -2.08. The lowest BCUT2D eigenvalue weighted by atomic mass is 10.1. The zero-order chi connectivity index (χ0) is 17.1. The summed E-state index contributed by atoms with van der Waals surface area (Å²) in [5.41, 5.74) is 9.57. The summed E-state index contributed by atoms with van der Waals surface area (Å²) < 4.78 is 7.53. The molecule has 2 aromatic carbocycles. The van der Waals surface area contributed by atoms with Crippen molar-refractivity contribution in [1.29, 1.82) is 0 Å². The van der Waals surface area contributed by atoms with E-state index in [1.165, 1.54) is 0 Å². The van der Waals surface area contributed by atoms with Crippen molar-refractivity contribution >= 4 is 5.69 Å². The Balaban J connectivity index is 2.08.